The molecule has 1 aliphatic rings. The summed E-state index contributed by atoms with van der Waals surface area (Å²) in [5.74, 6) is 0. The molecule has 0 saturated heterocycles. The Morgan fingerprint density at radius 2 is 1.71 bits per heavy atom. The Hall–Kier alpha value is -2.94. The smallest absolute Gasteiger partial charge is 0.187 e. The molecule has 5 heteroatoms. The van der Waals surface area contributed by atoms with E-state index in [0.717, 1.165) is 16.9 Å². The second-order valence-electron chi connectivity index (χ2n) is 7.58. The second-order valence-corrected chi connectivity index (χ2v) is 7.58. The van der Waals surface area contributed by atoms with E-state index in [4.69, 9.17) is 11.7 Å². The molecule has 0 aliphatic heterocycles. The number of hydrogen-bond donors (Lipinski definition) is 2. The molecule has 1 saturated carbocycles. The minimum Gasteiger partial charge on any atom is -0.393 e. The average molecular weight is 373 g/mol. The average Bonchev–Trinajstić information content (AvgIpc) is 3.17. The van der Waals surface area contributed by atoms with Gasteiger partial charge >= 0.3 is 0 Å². The molecular formula is C23H23N3O2. The number of aryl methyl sites for hydroxylation is 1. The minimum atomic E-state index is -1.03. The fourth-order valence-corrected chi connectivity index (χ4v) is 3.74. The third-order valence-corrected chi connectivity index (χ3v) is 5.54. The van der Waals surface area contributed by atoms with Gasteiger partial charge in [-0.15, -0.1) is 0 Å². The molecule has 1 aromatic heterocycles. The second kappa shape index (κ2) is 7.23. The topological polar surface area (TPSA) is 62.6 Å². The molecule has 28 heavy (non-hydrogen) atoms. The lowest BCUT2D eigenvalue weighted by Gasteiger charge is -2.32. The quantitative estimate of drug-likeness (QED) is 0.664. The van der Waals surface area contributed by atoms with Crippen LogP contribution in [0.3, 0.4) is 0 Å². The summed E-state index contributed by atoms with van der Waals surface area (Å²) in [6.07, 6.45) is 1.79. The zero-order chi connectivity index (χ0) is 19.7. The highest BCUT2D eigenvalue weighted by Crippen LogP contribution is 2.38. The highest BCUT2D eigenvalue weighted by atomic mass is 16.3. The largest absolute Gasteiger partial charge is 0.393 e. The molecule has 2 aromatic carbocycles. The van der Waals surface area contributed by atoms with Gasteiger partial charge in [0.2, 0.25) is 0 Å². The van der Waals surface area contributed by atoms with Crippen LogP contribution in [0.15, 0.2) is 54.6 Å². The Morgan fingerprint density at radius 1 is 1.07 bits per heavy atom. The molecule has 1 fully saturated rings. The van der Waals surface area contributed by atoms with E-state index in [2.05, 4.69) is 29.1 Å². The third-order valence-electron chi connectivity index (χ3n) is 5.54. The van der Waals surface area contributed by atoms with Crippen molar-refractivity contribution < 1.29 is 10.2 Å². The molecule has 4 rings (SSSR count). The lowest BCUT2D eigenvalue weighted by Crippen LogP contribution is -2.33. The normalized spacial score (nSPS) is 22.0. The van der Waals surface area contributed by atoms with Gasteiger partial charge in [0.25, 0.3) is 0 Å². The number of aliphatic hydroxyl groups excluding tert-OH is 1. The van der Waals surface area contributed by atoms with E-state index in [1.54, 1.807) is 12.1 Å². The Bertz CT molecular complexity index is 1010. The first-order valence-corrected chi connectivity index (χ1v) is 9.54. The molecule has 142 valence electrons. The zero-order valence-electron chi connectivity index (χ0n) is 15.8. The first kappa shape index (κ1) is 18.4. The van der Waals surface area contributed by atoms with Gasteiger partial charge in [0.15, 0.2) is 5.69 Å². The molecule has 1 aliphatic carbocycles. The molecule has 1 heterocycles. The van der Waals surface area contributed by atoms with Gasteiger partial charge in [0.05, 0.1) is 29.8 Å². The van der Waals surface area contributed by atoms with Gasteiger partial charge in [-0.25, -0.2) is 9.53 Å². The number of benzene rings is 2. The van der Waals surface area contributed by atoms with Gasteiger partial charge in [-0.2, -0.15) is 5.10 Å². The first-order valence-electron chi connectivity index (χ1n) is 9.54. The standard InChI is InChI=1S/C23H23N3O2/c1-16-3-5-17(6-4-16)21-15-22(23(28)13-11-20(27)12-14-23)25-26(21)19-9-7-18(24-2)8-10-19/h3-10,15,20,27-28H,11-14H2,1H3. The molecule has 0 spiro atoms. The van der Waals surface area contributed by atoms with E-state index in [1.807, 2.05) is 29.8 Å². The monoisotopic (exact) mass is 373 g/mol. The summed E-state index contributed by atoms with van der Waals surface area (Å²) in [6, 6.07) is 17.4. The fraction of sp³-hybridized carbons (Fsp3) is 0.304. The summed E-state index contributed by atoms with van der Waals surface area (Å²) in [5.41, 5.74) is 4.10. The van der Waals surface area contributed by atoms with E-state index in [1.165, 1.54) is 5.56 Å². The molecule has 2 N–H and O–H groups in total. The Kier molecular flexibility index (Phi) is 4.76. The van der Waals surface area contributed by atoms with Crippen molar-refractivity contribution in [2.75, 3.05) is 0 Å². The van der Waals surface area contributed by atoms with Crippen LogP contribution >= 0.6 is 0 Å². The predicted molar refractivity (Wildman–Crippen MR) is 108 cm³/mol. The highest BCUT2D eigenvalue weighted by molar-refractivity contribution is 5.64. The first-order chi connectivity index (χ1) is 13.5. The van der Waals surface area contributed by atoms with E-state index < -0.39 is 5.60 Å². The van der Waals surface area contributed by atoms with Crippen molar-refractivity contribution in [3.63, 3.8) is 0 Å². The van der Waals surface area contributed by atoms with Crippen LogP contribution in [0, 0.1) is 13.5 Å². The van der Waals surface area contributed by atoms with E-state index in [9.17, 15) is 10.2 Å². The minimum absolute atomic E-state index is 0.347. The van der Waals surface area contributed by atoms with Gasteiger partial charge in [0.1, 0.15) is 5.60 Å². The highest BCUT2D eigenvalue weighted by Gasteiger charge is 2.37. The maximum atomic E-state index is 11.2. The van der Waals surface area contributed by atoms with Crippen LogP contribution in [-0.2, 0) is 5.60 Å². The van der Waals surface area contributed by atoms with Gasteiger partial charge in [-0.1, -0.05) is 42.0 Å². The van der Waals surface area contributed by atoms with E-state index in [0.29, 0.717) is 37.1 Å². The van der Waals surface area contributed by atoms with Crippen LogP contribution in [-0.4, -0.2) is 26.1 Å². The van der Waals surface area contributed by atoms with Crippen molar-refractivity contribution in [1.29, 1.82) is 0 Å². The molecule has 0 atom stereocenters. The molecule has 0 unspecified atom stereocenters. The van der Waals surface area contributed by atoms with Crippen molar-refractivity contribution in [2.45, 2.75) is 44.3 Å². The summed E-state index contributed by atoms with van der Waals surface area (Å²) in [7, 11) is 0. The Balaban J connectivity index is 1.81. The van der Waals surface area contributed by atoms with Gasteiger partial charge in [-0.05, 0) is 50.8 Å². The van der Waals surface area contributed by atoms with Crippen LogP contribution in [0.1, 0.15) is 36.9 Å². The SMILES string of the molecule is [C-]#[N+]c1ccc(-n2nc(C3(O)CCC(O)CC3)cc2-c2ccc(C)cc2)cc1. The molecule has 0 bridgehead atoms. The lowest BCUT2D eigenvalue weighted by molar-refractivity contribution is -0.0393. The Labute approximate surface area is 164 Å². The number of aliphatic hydroxyl groups is 2. The summed E-state index contributed by atoms with van der Waals surface area (Å²) in [4.78, 5) is 3.45. The molecular weight excluding hydrogens is 350 g/mol. The van der Waals surface area contributed by atoms with Crippen molar-refractivity contribution in [3.8, 4) is 16.9 Å². The third kappa shape index (κ3) is 3.45. The lowest BCUT2D eigenvalue weighted by atomic mass is 9.81. The predicted octanol–water partition coefficient (Wildman–Crippen LogP) is 4.52. The maximum absolute atomic E-state index is 11.2. The van der Waals surface area contributed by atoms with Crippen LogP contribution in [0.4, 0.5) is 5.69 Å². The fourth-order valence-electron chi connectivity index (χ4n) is 3.74. The molecule has 0 radical (unpaired) electrons. The summed E-state index contributed by atoms with van der Waals surface area (Å²) < 4.78 is 1.83. The van der Waals surface area contributed by atoms with Crippen molar-refractivity contribution in [3.05, 3.63) is 77.3 Å². The Morgan fingerprint density at radius 3 is 2.32 bits per heavy atom. The summed E-state index contributed by atoms with van der Waals surface area (Å²) in [5, 5.41) is 25.8. The van der Waals surface area contributed by atoms with Gasteiger partial charge < -0.3 is 10.2 Å². The maximum Gasteiger partial charge on any atom is 0.187 e. The van der Waals surface area contributed by atoms with Crippen molar-refractivity contribution in [1.82, 2.24) is 9.78 Å². The van der Waals surface area contributed by atoms with E-state index in [-0.39, 0.29) is 6.10 Å². The van der Waals surface area contributed by atoms with Gasteiger partial charge in [-0.3, -0.25) is 0 Å². The van der Waals surface area contributed by atoms with Crippen molar-refractivity contribution in [2.24, 2.45) is 0 Å². The van der Waals surface area contributed by atoms with Crippen LogP contribution in [0.5, 0.6) is 0 Å². The van der Waals surface area contributed by atoms with Gasteiger partial charge in [0, 0.05) is 5.56 Å². The molecule has 0 amide bonds. The van der Waals surface area contributed by atoms with Crippen molar-refractivity contribution >= 4 is 5.69 Å². The number of aromatic nitrogens is 2. The zero-order valence-corrected chi connectivity index (χ0v) is 15.8. The summed E-state index contributed by atoms with van der Waals surface area (Å²) >= 11 is 0. The molecule has 5 nitrogen and oxygen atoms in total. The summed E-state index contributed by atoms with van der Waals surface area (Å²) in [6.45, 7) is 9.19. The van der Waals surface area contributed by atoms with Crippen LogP contribution in [0.2, 0.25) is 0 Å². The van der Waals surface area contributed by atoms with Crippen LogP contribution in [0.25, 0.3) is 21.8 Å². The molecule has 3 aromatic rings. The number of rotatable bonds is 3. The van der Waals surface area contributed by atoms with Crippen LogP contribution < -0.4 is 0 Å². The number of hydrogen-bond acceptors (Lipinski definition) is 3. The van der Waals surface area contributed by atoms with E-state index >= 15 is 0 Å². The number of nitrogens with zero attached hydrogens (tertiary/aromatic N) is 3.